The van der Waals surface area contributed by atoms with E-state index in [4.69, 9.17) is 4.74 Å². The van der Waals surface area contributed by atoms with Gasteiger partial charge in [-0.1, -0.05) is 34.1 Å². The molecule has 6 heteroatoms. The first-order valence-electron chi connectivity index (χ1n) is 8.25. The van der Waals surface area contributed by atoms with Gasteiger partial charge in [0.1, 0.15) is 17.4 Å². The molecule has 0 radical (unpaired) electrons. The van der Waals surface area contributed by atoms with Crippen molar-refractivity contribution in [2.24, 2.45) is 0 Å². The van der Waals surface area contributed by atoms with Crippen LogP contribution in [0.1, 0.15) is 12.5 Å². The molecule has 2 aromatic carbocycles. The molecule has 26 heavy (non-hydrogen) atoms. The topological polar surface area (TPSA) is 74.1 Å². The van der Waals surface area contributed by atoms with E-state index in [-0.39, 0.29) is 5.57 Å². The van der Waals surface area contributed by atoms with E-state index in [9.17, 15) is 10.1 Å². The first kappa shape index (κ1) is 19.5. The lowest BCUT2D eigenvalue weighted by atomic mass is 10.1. The molecule has 1 amide bonds. The molecule has 0 spiro atoms. The highest BCUT2D eigenvalue weighted by Crippen LogP contribution is 2.17. The fraction of sp³-hybridized carbons (Fsp3) is 0.200. The molecular formula is C20H20BrN3O2. The summed E-state index contributed by atoms with van der Waals surface area (Å²) >= 11 is 3.50. The van der Waals surface area contributed by atoms with Crippen molar-refractivity contribution in [3.05, 3.63) is 70.3 Å². The van der Waals surface area contributed by atoms with Gasteiger partial charge in [0.25, 0.3) is 5.91 Å². The standard InChI is InChI=1S/C20H20BrN3O2/c1-2-26-18-9-7-17(8-10-18)24-20(25)16(13-22)14-23-12-11-15-5-3-4-6-19(15)21/h3-10,14,23H,2,11-12H2,1H3,(H,24,25)/b16-14-. The lowest BCUT2D eigenvalue weighted by Gasteiger charge is -2.07. The van der Waals surface area contributed by atoms with Crippen molar-refractivity contribution in [3.63, 3.8) is 0 Å². The van der Waals surface area contributed by atoms with Crippen LogP contribution in [-0.4, -0.2) is 19.1 Å². The van der Waals surface area contributed by atoms with E-state index < -0.39 is 5.91 Å². The van der Waals surface area contributed by atoms with Gasteiger partial charge in [0, 0.05) is 22.9 Å². The molecule has 0 fully saturated rings. The molecule has 0 aromatic heterocycles. The Labute approximate surface area is 161 Å². The number of nitrogens with one attached hydrogen (secondary N) is 2. The van der Waals surface area contributed by atoms with Gasteiger partial charge in [-0.3, -0.25) is 4.79 Å². The molecule has 0 aliphatic heterocycles. The minimum atomic E-state index is -0.454. The van der Waals surface area contributed by atoms with Crippen LogP contribution < -0.4 is 15.4 Å². The van der Waals surface area contributed by atoms with E-state index in [1.807, 2.05) is 37.3 Å². The molecule has 0 saturated carbocycles. The summed E-state index contributed by atoms with van der Waals surface area (Å²) in [5.74, 6) is 0.278. The van der Waals surface area contributed by atoms with Crippen LogP contribution in [-0.2, 0) is 11.2 Å². The molecule has 5 nitrogen and oxygen atoms in total. The third kappa shape index (κ3) is 5.94. The summed E-state index contributed by atoms with van der Waals surface area (Å²) in [5.41, 5.74) is 1.78. The zero-order valence-corrected chi connectivity index (χ0v) is 16.0. The maximum absolute atomic E-state index is 12.2. The SMILES string of the molecule is CCOc1ccc(NC(=O)/C(C#N)=C\NCCc2ccccc2Br)cc1. The lowest BCUT2D eigenvalue weighted by molar-refractivity contribution is -0.112. The summed E-state index contributed by atoms with van der Waals surface area (Å²) < 4.78 is 6.40. The average molecular weight is 414 g/mol. The molecule has 0 aliphatic rings. The van der Waals surface area contributed by atoms with Gasteiger partial charge in [-0.05, 0) is 49.2 Å². The minimum absolute atomic E-state index is 0.0195. The summed E-state index contributed by atoms with van der Waals surface area (Å²) in [7, 11) is 0. The van der Waals surface area contributed by atoms with Crippen LogP contribution in [0.2, 0.25) is 0 Å². The van der Waals surface area contributed by atoms with Gasteiger partial charge in [0.2, 0.25) is 0 Å². The molecule has 0 aliphatic carbocycles. The molecule has 0 unspecified atom stereocenters. The van der Waals surface area contributed by atoms with E-state index in [0.29, 0.717) is 18.8 Å². The van der Waals surface area contributed by atoms with Crippen molar-refractivity contribution >= 4 is 27.5 Å². The average Bonchev–Trinajstić information content (AvgIpc) is 2.65. The third-order valence-electron chi connectivity index (χ3n) is 3.53. The normalized spacial score (nSPS) is 10.7. The molecule has 0 bridgehead atoms. The van der Waals surface area contributed by atoms with Gasteiger partial charge in [0.05, 0.1) is 6.61 Å². The Morgan fingerprint density at radius 1 is 1.23 bits per heavy atom. The highest BCUT2D eigenvalue weighted by atomic mass is 79.9. The van der Waals surface area contributed by atoms with Crippen molar-refractivity contribution < 1.29 is 9.53 Å². The van der Waals surface area contributed by atoms with Crippen molar-refractivity contribution in [2.45, 2.75) is 13.3 Å². The smallest absolute Gasteiger partial charge is 0.267 e. The summed E-state index contributed by atoms with van der Waals surface area (Å²) in [4.78, 5) is 12.2. The third-order valence-corrected chi connectivity index (χ3v) is 4.30. The number of halogens is 1. The molecule has 0 atom stereocenters. The molecule has 2 aromatic rings. The van der Waals surface area contributed by atoms with Gasteiger partial charge in [-0.15, -0.1) is 0 Å². The lowest BCUT2D eigenvalue weighted by Crippen LogP contribution is -2.18. The van der Waals surface area contributed by atoms with Crippen LogP contribution >= 0.6 is 15.9 Å². The fourth-order valence-corrected chi connectivity index (χ4v) is 2.71. The van der Waals surface area contributed by atoms with Gasteiger partial charge in [-0.2, -0.15) is 5.26 Å². The largest absolute Gasteiger partial charge is 0.494 e. The molecule has 2 rings (SSSR count). The zero-order chi connectivity index (χ0) is 18.8. The Bertz CT molecular complexity index is 811. The van der Waals surface area contributed by atoms with E-state index in [1.54, 1.807) is 24.3 Å². The zero-order valence-electron chi connectivity index (χ0n) is 14.5. The number of nitrogens with zero attached hydrogens (tertiary/aromatic N) is 1. The highest BCUT2D eigenvalue weighted by Gasteiger charge is 2.09. The number of hydrogen-bond donors (Lipinski definition) is 2. The number of nitriles is 1. The summed E-state index contributed by atoms with van der Waals surface area (Å²) in [6.07, 6.45) is 2.22. The Morgan fingerprint density at radius 3 is 2.62 bits per heavy atom. The van der Waals surface area contributed by atoms with E-state index >= 15 is 0 Å². The van der Waals surface area contributed by atoms with E-state index in [0.717, 1.165) is 22.2 Å². The van der Waals surface area contributed by atoms with Gasteiger partial charge in [-0.25, -0.2) is 0 Å². The van der Waals surface area contributed by atoms with Crippen molar-refractivity contribution in [1.29, 1.82) is 5.26 Å². The Kier molecular flexibility index (Phi) is 7.72. The van der Waals surface area contributed by atoms with Crippen molar-refractivity contribution in [1.82, 2.24) is 5.32 Å². The summed E-state index contributed by atoms with van der Waals surface area (Å²) in [5, 5.41) is 14.9. The van der Waals surface area contributed by atoms with E-state index in [2.05, 4.69) is 26.6 Å². The molecule has 0 saturated heterocycles. The van der Waals surface area contributed by atoms with Gasteiger partial charge < -0.3 is 15.4 Å². The number of anilines is 1. The highest BCUT2D eigenvalue weighted by molar-refractivity contribution is 9.10. The second kappa shape index (κ2) is 10.3. The van der Waals surface area contributed by atoms with Gasteiger partial charge in [0.15, 0.2) is 0 Å². The van der Waals surface area contributed by atoms with E-state index in [1.165, 1.54) is 6.20 Å². The summed E-state index contributed by atoms with van der Waals surface area (Å²) in [6.45, 7) is 3.10. The van der Waals surface area contributed by atoms with Crippen LogP contribution in [0.15, 0.2) is 64.8 Å². The van der Waals surface area contributed by atoms with Gasteiger partial charge >= 0.3 is 0 Å². The first-order valence-corrected chi connectivity index (χ1v) is 9.04. The van der Waals surface area contributed by atoms with Crippen LogP contribution in [0.25, 0.3) is 0 Å². The Hall–Kier alpha value is -2.78. The second-order valence-corrected chi connectivity index (χ2v) is 6.23. The fourth-order valence-electron chi connectivity index (χ4n) is 2.23. The number of amides is 1. The number of carbonyl (C=O) groups excluding carboxylic acids is 1. The Balaban J connectivity index is 1.88. The molecular weight excluding hydrogens is 394 g/mol. The number of hydrogen-bond acceptors (Lipinski definition) is 4. The monoisotopic (exact) mass is 413 g/mol. The Morgan fingerprint density at radius 2 is 1.96 bits per heavy atom. The van der Waals surface area contributed by atoms with Crippen molar-refractivity contribution in [3.8, 4) is 11.8 Å². The maximum atomic E-state index is 12.2. The molecule has 0 heterocycles. The van der Waals surface area contributed by atoms with Crippen LogP contribution in [0, 0.1) is 11.3 Å². The minimum Gasteiger partial charge on any atom is -0.494 e. The molecule has 134 valence electrons. The van der Waals surface area contributed by atoms with Crippen molar-refractivity contribution in [2.75, 3.05) is 18.5 Å². The first-order chi connectivity index (χ1) is 12.6. The number of rotatable bonds is 8. The predicted octanol–water partition coefficient (Wildman–Crippen LogP) is 4.03. The quantitative estimate of drug-likeness (QED) is 0.389. The number of ether oxygens (including phenoxy) is 1. The number of benzene rings is 2. The second-order valence-electron chi connectivity index (χ2n) is 5.38. The van der Waals surface area contributed by atoms with Crippen LogP contribution in [0.3, 0.4) is 0 Å². The molecule has 2 N–H and O–H groups in total. The van der Waals surface area contributed by atoms with Crippen LogP contribution in [0.4, 0.5) is 5.69 Å². The number of carbonyl (C=O) groups is 1. The van der Waals surface area contributed by atoms with Crippen LogP contribution in [0.5, 0.6) is 5.75 Å². The summed E-state index contributed by atoms with van der Waals surface area (Å²) in [6, 6.07) is 16.9. The maximum Gasteiger partial charge on any atom is 0.267 e. The predicted molar refractivity (Wildman–Crippen MR) is 106 cm³/mol.